The summed E-state index contributed by atoms with van der Waals surface area (Å²) in [6.07, 6.45) is 0. The van der Waals surface area contributed by atoms with Crippen molar-refractivity contribution in [2.24, 2.45) is 5.10 Å². The van der Waals surface area contributed by atoms with Crippen LogP contribution in [-0.2, 0) is 14.8 Å². The Labute approximate surface area is 225 Å². The molecule has 0 fully saturated rings. The summed E-state index contributed by atoms with van der Waals surface area (Å²) in [6, 6.07) is 28.4. The molecule has 4 aromatic rings. The summed E-state index contributed by atoms with van der Waals surface area (Å²) in [5.41, 5.74) is 4.13. The van der Waals surface area contributed by atoms with Crippen molar-refractivity contribution in [1.82, 2.24) is 5.43 Å². The van der Waals surface area contributed by atoms with E-state index in [0.29, 0.717) is 26.8 Å². The van der Waals surface area contributed by atoms with Crippen LogP contribution in [0.2, 0.25) is 0 Å². The van der Waals surface area contributed by atoms with E-state index in [4.69, 9.17) is 0 Å². The van der Waals surface area contributed by atoms with Crippen molar-refractivity contribution >= 4 is 38.9 Å². The van der Waals surface area contributed by atoms with E-state index in [1.54, 1.807) is 61.5 Å². The molecule has 4 rings (SSSR count). The fraction of sp³-hybridized carbons (Fsp3) is 0.0690. The summed E-state index contributed by atoms with van der Waals surface area (Å²) >= 11 is 0. The molecule has 2 amide bonds. The lowest BCUT2D eigenvalue weighted by Gasteiger charge is -2.24. The van der Waals surface area contributed by atoms with Gasteiger partial charge in [-0.05, 0) is 61.0 Å². The summed E-state index contributed by atoms with van der Waals surface area (Å²) in [6.45, 7) is 0.940. The number of hydrazone groups is 1. The number of nitrogens with zero attached hydrogens (tertiary/aromatic N) is 2. The van der Waals surface area contributed by atoms with E-state index in [9.17, 15) is 22.4 Å². The third-order valence-electron chi connectivity index (χ3n) is 5.66. The number of carbonyl (C=O) groups is 2. The highest BCUT2D eigenvalue weighted by molar-refractivity contribution is 7.92. The molecule has 198 valence electrons. The molecule has 39 heavy (non-hydrogen) atoms. The number of nitrogens with one attached hydrogen (secondary N) is 2. The van der Waals surface area contributed by atoms with Gasteiger partial charge in [-0.25, -0.2) is 18.2 Å². The Morgan fingerprint density at radius 1 is 0.821 bits per heavy atom. The predicted octanol–water partition coefficient (Wildman–Crippen LogP) is 4.81. The van der Waals surface area contributed by atoms with Crippen molar-refractivity contribution < 1.29 is 22.4 Å². The Kier molecular flexibility index (Phi) is 8.47. The monoisotopic (exact) mass is 544 g/mol. The molecular formula is C29H25FN4O4S. The lowest BCUT2D eigenvalue weighted by Crippen LogP contribution is -2.40. The standard InChI is InChI=1S/C29H25FN4O4S/c1-21(23-13-10-14-24(19-23)31-29(36)22-11-4-2-5-12-22)32-33-28(35)20-34(27-18-9-8-17-26(27)30)39(37,38)25-15-6-3-7-16-25/h2-19H,20H2,1H3,(H,31,36)(H,33,35)/b32-21+. The summed E-state index contributed by atoms with van der Waals surface area (Å²) in [4.78, 5) is 25.2. The number of rotatable bonds is 9. The number of hydrogen-bond donors (Lipinski definition) is 2. The zero-order valence-electron chi connectivity index (χ0n) is 20.9. The maximum atomic E-state index is 14.6. The minimum Gasteiger partial charge on any atom is -0.322 e. The second-order valence-electron chi connectivity index (χ2n) is 8.41. The van der Waals surface area contributed by atoms with E-state index in [2.05, 4.69) is 15.8 Å². The molecule has 0 unspecified atom stereocenters. The number of hydrogen-bond acceptors (Lipinski definition) is 5. The van der Waals surface area contributed by atoms with Gasteiger partial charge in [-0.2, -0.15) is 5.10 Å². The lowest BCUT2D eigenvalue weighted by molar-refractivity contribution is -0.119. The third kappa shape index (κ3) is 6.74. The first-order chi connectivity index (χ1) is 18.8. The third-order valence-corrected chi connectivity index (χ3v) is 7.44. The van der Waals surface area contributed by atoms with Crippen LogP contribution in [0.3, 0.4) is 0 Å². The van der Waals surface area contributed by atoms with Crippen LogP contribution in [-0.4, -0.2) is 32.5 Å². The fourth-order valence-corrected chi connectivity index (χ4v) is 5.11. The van der Waals surface area contributed by atoms with Gasteiger partial charge >= 0.3 is 0 Å². The van der Waals surface area contributed by atoms with E-state index in [0.717, 1.165) is 6.07 Å². The molecule has 0 radical (unpaired) electrons. The van der Waals surface area contributed by atoms with Crippen LogP contribution in [0.25, 0.3) is 0 Å². The van der Waals surface area contributed by atoms with Crippen LogP contribution in [0.1, 0.15) is 22.8 Å². The normalized spacial score (nSPS) is 11.5. The zero-order chi connectivity index (χ0) is 27.8. The zero-order valence-corrected chi connectivity index (χ0v) is 21.7. The van der Waals surface area contributed by atoms with Gasteiger partial charge < -0.3 is 5.32 Å². The Morgan fingerprint density at radius 3 is 2.13 bits per heavy atom. The molecule has 2 N–H and O–H groups in total. The van der Waals surface area contributed by atoms with Gasteiger partial charge in [-0.1, -0.05) is 60.7 Å². The highest BCUT2D eigenvalue weighted by Gasteiger charge is 2.29. The number of carbonyl (C=O) groups excluding carboxylic acids is 2. The van der Waals surface area contributed by atoms with Gasteiger partial charge in [0.05, 0.1) is 16.3 Å². The fourth-order valence-electron chi connectivity index (χ4n) is 3.66. The molecular weight excluding hydrogens is 519 g/mol. The van der Waals surface area contributed by atoms with Gasteiger partial charge in [-0.3, -0.25) is 13.9 Å². The van der Waals surface area contributed by atoms with Crippen molar-refractivity contribution in [3.8, 4) is 0 Å². The summed E-state index contributed by atoms with van der Waals surface area (Å²) in [5, 5.41) is 6.90. The second-order valence-corrected chi connectivity index (χ2v) is 10.3. The Bertz CT molecular complexity index is 1610. The molecule has 0 aliphatic heterocycles. The number of benzene rings is 4. The lowest BCUT2D eigenvalue weighted by atomic mass is 10.1. The van der Waals surface area contributed by atoms with E-state index >= 15 is 0 Å². The van der Waals surface area contributed by atoms with Crippen molar-refractivity contribution in [3.05, 3.63) is 126 Å². The van der Waals surface area contributed by atoms with E-state index in [1.807, 2.05) is 6.07 Å². The number of sulfonamides is 1. The Balaban J connectivity index is 1.50. The van der Waals surface area contributed by atoms with Crippen LogP contribution in [0.5, 0.6) is 0 Å². The van der Waals surface area contributed by atoms with Crippen molar-refractivity contribution in [2.45, 2.75) is 11.8 Å². The van der Waals surface area contributed by atoms with Crippen LogP contribution >= 0.6 is 0 Å². The largest absolute Gasteiger partial charge is 0.322 e. The van der Waals surface area contributed by atoms with Gasteiger partial charge in [0, 0.05) is 11.3 Å². The topological polar surface area (TPSA) is 108 Å². The molecule has 0 saturated heterocycles. The predicted molar refractivity (Wildman–Crippen MR) is 149 cm³/mol. The van der Waals surface area contributed by atoms with E-state index < -0.39 is 28.3 Å². The molecule has 8 nitrogen and oxygen atoms in total. The van der Waals surface area contributed by atoms with Crippen LogP contribution in [0, 0.1) is 5.82 Å². The average molecular weight is 545 g/mol. The molecule has 4 aromatic carbocycles. The highest BCUT2D eigenvalue weighted by Crippen LogP contribution is 2.26. The molecule has 0 bridgehead atoms. The molecule has 0 spiro atoms. The first-order valence-electron chi connectivity index (χ1n) is 11.9. The van der Waals surface area contributed by atoms with Gasteiger partial charge in [0.2, 0.25) is 0 Å². The van der Waals surface area contributed by atoms with Gasteiger partial charge in [0.1, 0.15) is 12.4 Å². The SMILES string of the molecule is C/C(=N\NC(=O)CN(c1ccccc1F)S(=O)(=O)c1ccccc1)c1cccc(NC(=O)c2ccccc2)c1. The molecule has 0 aromatic heterocycles. The molecule has 0 aliphatic rings. The summed E-state index contributed by atoms with van der Waals surface area (Å²) < 4.78 is 42.0. The van der Waals surface area contributed by atoms with Crippen molar-refractivity contribution in [3.63, 3.8) is 0 Å². The minimum absolute atomic E-state index is 0.0879. The first-order valence-corrected chi connectivity index (χ1v) is 13.3. The summed E-state index contributed by atoms with van der Waals surface area (Å²) in [7, 11) is -4.26. The van der Waals surface area contributed by atoms with E-state index in [1.165, 1.54) is 42.5 Å². The van der Waals surface area contributed by atoms with Gasteiger partial charge in [0.25, 0.3) is 21.8 Å². The smallest absolute Gasteiger partial charge is 0.264 e. The second kappa shape index (κ2) is 12.1. The number of amides is 2. The maximum absolute atomic E-state index is 14.6. The summed E-state index contributed by atoms with van der Waals surface area (Å²) in [5.74, 6) is -1.84. The van der Waals surface area contributed by atoms with Crippen molar-refractivity contribution in [1.29, 1.82) is 0 Å². The van der Waals surface area contributed by atoms with Crippen LogP contribution in [0.4, 0.5) is 15.8 Å². The molecule has 10 heteroatoms. The van der Waals surface area contributed by atoms with Crippen LogP contribution < -0.4 is 15.0 Å². The van der Waals surface area contributed by atoms with E-state index in [-0.39, 0.29) is 16.5 Å². The Hall–Kier alpha value is -4.83. The quantitative estimate of drug-likeness (QED) is 0.233. The first kappa shape index (κ1) is 27.2. The molecule has 0 heterocycles. The number of halogens is 1. The number of anilines is 2. The maximum Gasteiger partial charge on any atom is 0.264 e. The van der Waals surface area contributed by atoms with Crippen LogP contribution in [0.15, 0.2) is 119 Å². The Morgan fingerprint density at radius 2 is 1.44 bits per heavy atom. The minimum atomic E-state index is -4.26. The van der Waals surface area contributed by atoms with Crippen molar-refractivity contribution in [2.75, 3.05) is 16.2 Å². The average Bonchev–Trinajstić information content (AvgIpc) is 2.96. The molecule has 0 atom stereocenters. The highest BCUT2D eigenvalue weighted by atomic mass is 32.2. The van der Waals surface area contributed by atoms with Gasteiger partial charge in [-0.15, -0.1) is 0 Å². The van der Waals surface area contributed by atoms with Gasteiger partial charge in [0.15, 0.2) is 0 Å². The molecule has 0 aliphatic carbocycles. The number of para-hydroxylation sites is 1. The molecule has 0 saturated carbocycles.